The van der Waals surface area contributed by atoms with Gasteiger partial charge >= 0.3 is 18.0 Å². The third-order valence-corrected chi connectivity index (χ3v) is 7.67. The molecular formula is C31H39N5O4. The number of fused-ring (bicyclic) bond motifs is 2. The van der Waals surface area contributed by atoms with Crippen molar-refractivity contribution in [2.45, 2.75) is 51.4 Å². The van der Waals surface area contributed by atoms with Crippen LogP contribution in [0.5, 0.6) is 0 Å². The number of hydrogen-bond donors (Lipinski definition) is 1. The maximum atomic E-state index is 14.1. The summed E-state index contributed by atoms with van der Waals surface area (Å²) < 4.78 is 0. The molecule has 2 fully saturated rings. The average molecular weight is 546 g/mol. The van der Waals surface area contributed by atoms with E-state index in [0.29, 0.717) is 30.8 Å². The second-order valence-corrected chi connectivity index (χ2v) is 10.5. The minimum Gasteiger partial charge on any atom is -0.480 e. The van der Waals surface area contributed by atoms with Crippen molar-refractivity contribution >= 4 is 29.4 Å². The molecule has 2 aliphatic rings. The fourth-order valence-electron chi connectivity index (χ4n) is 5.73. The Morgan fingerprint density at radius 3 is 2.17 bits per heavy atom. The quantitative estimate of drug-likeness (QED) is 0.494. The molecule has 0 spiro atoms. The van der Waals surface area contributed by atoms with Gasteiger partial charge in [0.25, 0.3) is 0 Å². The maximum Gasteiger partial charge on any atom is 0.329 e. The Bertz CT molecular complexity index is 1270. The lowest BCUT2D eigenvalue weighted by Gasteiger charge is -2.47. The zero-order valence-electron chi connectivity index (χ0n) is 23.9. The van der Waals surface area contributed by atoms with Crippen LogP contribution in [-0.2, 0) is 11.3 Å². The Kier molecular flexibility index (Phi) is 8.82. The highest BCUT2D eigenvalue weighted by Gasteiger charge is 2.54. The number of hydrogen-bond acceptors (Lipinski definition) is 4. The van der Waals surface area contributed by atoms with Crippen LogP contribution < -0.4 is 9.80 Å². The number of para-hydroxylation sites is 1. The Labute approximate surface area is 236 Å². The first-order valence-electron chi connectivity index (χ1n) is 13.6. The Morgan fingerprint density at radius 2 is 1.60 bits per heavy atom. The van der Waals surface area contributed by atoms with E-state index in [1.165, 1.54) is 4.90 Å². The number of urea groups is 2. The van der Waals surface area contributed by atoms with Crippen LogP contribution in [0.1, 0.15) is 32.3 Å². The van der Waals surface area contributed by atoms with Crippen LogP contribution in [0.15, 0.2) is 78.5 Å². The van der Waals surface area contributed by atoms with Crippen LogP contribution in [0, 0.1) is 0 Å². The number of carbonyl (C=O) groups is 3. The molecule has 3 atom stereocenters. The highest BCUT2D eigenvalue weighted by atomic mass is 16.4. The van der Waals surface area contributed by atoms with Gasteiger partial charge in [0.05, 0.1) is 17.8 Å². The van der Waals surface area contributed by atoms with Crippen molar-refractivity contribution in [3.63, 3.8) is 0 Å². The van der Waals surface area contributed by atoms with E-state index in [-0.39, 0.29) is 18.6 Å². The van der Waals surface area contributed by atoms with E-state index < -0.39 is 24.1 Å². The first-order chi connectivity index (χ1) is 19.2. The molecule has 0 aliphatic carbocycles. The molecule has 9 nitrogen and oxygen atoms in total. The molecule has 40 heavy (non-hydrogen) atoms. The number of nitrogens with zero attached hydrogens (tertiary/aromatic N) is 5. The lowest BCUT2D eigenvalue weighted by Crippen LogP contribution is -2.67. The minimum absolute atomic E-state index is 0.152. The fourth-order valence-corrected chi connectivity index (χ4v) is 5.73. The number of anilines is 2. The van der Waals surface area contributed by atoms with E-state index in [1.54, 1.807) is 21.7 Å². The van der Waals surface area contributed by atoms with Crippen molar-refractivity contribution in [1.29, 1.82) is 0 Å². The summed E-state index contributed by atoms with van der Waals surface area (Å²) in [6, 6.07) is 14.6. The molecule has 0 radical (unpaired) electrons. The Balaban J connectivity index is 1.59. The molecule has 4 rings (SSSR count). The molecule has 2 aromatic rings. The largest absolute Gasteiger partial charge is 0.480 e. The predicted octanol–water partition coefficient (Wildman–Crippen LogP) is 5.01. The molecule has 212 valence electrons. The number of carboxylic acids is 1. The molecule has 9 heteroatoms. The van der Waals surface area contributed by atoms with Crippen LogP contribution in [-0.4, -0.2) is 83.7 Å². The summed E-state index contributed by atoms with van der Waals surface area (Å²) in [7, 11) is 5.69. The van der Waals surface area contributed by atoms with Crippen LogP contribution >= 0.6 is 0 Å². The van der Waals surface area contributed by atoms with Gasteiger partial charge < -0.3 is 24.7 Å². The molecule has 2 heterocycles. The average Bonchev–Trinajstić information content (AvgIpc) is 3.24. The highest BCUT2D eigenvalue weighted by molar-refractivity contribution is 5.98. The summed E-state index contributed by atoms with van der Waals surface area (Å²) in [4.78, 5) is 48.9. The zero-order valence-corrected chi connectivity index (χ0v) is 23.9. The van der Waals surface area contributed by atoms with E-state index in [4.69, 9.17) is 0 Å². The number of carboxylic acid groups (broad SMARTS) is 1. The third kappa shape index (κ3) is 5.68. The van der Waals surface area contributed by atoms with Gasteiger partial charge in [-0.1, -0.05) is 42.5 Å². The van der Waals surface area contributed by atoms with Gasteiger partial charge in [-0.15, -0.1) is 0 Å². The summed E-state index contributed by atoms with van der Waals surface area (Å²) in [6.07, 6.45) is 6.67. The highest BCUT2D eigenvalue weighted by Crippen LogP contribution is 2.37. The summed E-state index contributed by atoms with van der Waals surface area (Å²) in [5.74, 6) is -1.11. The number of piperazine rings is 1. The topological polar surface area (TPSA) is 87.6 Å². The van der Waals surface area contributed by atoms with E-state index in [1.807, 2.05) is 106 Å². The van der Waals surface area contributed by atoms with Gasteiger partial charge in [-0.3, -0.25) is 4.90 Å². The lowest BCUT2D eigenvalue weighted by molar-refractivity contribution is -0.145. The van der Waals surface area contributed by atoms with Crippen molar-refractivity contribution < 1.29 is 19.5 Å². The van der Waals surface area contributed by atoms with Gasteiger partial charge in [-0.05, 0) is 62.6 Å². The van der Waals surface area contributed by atoms with Crippen LogP contribution in [0.25, 0.3) is 0 Å². The molecule has 0 aromatic heterocycles. The van der Waals surface area contributed by atoms with Crippen LogP contribution in [0.4, 0.5) is 21.0 Å². The molecule has 2 saturated heterocycles. The molecule has 0 saturated carbocycles. The Morgan fingerprint density at radius 1 is 0.925 bits per heavy atom. The second-order valence-electron chi connectivity index (χ2n) is 10.5. The number of carbonyl (C=O) groups excluding carboxylic acids is 2. The molecule has 4 amide bonds. The number of aliphatic carboxylic acids is 1. The first-order valence-corrected chi connectivity index (χ1v) is 13.6. The number of likely N-dealkylation sites (tertiary alicyclic amines) is 1. The van der Waals surface area contributed by atoms with Gasteiger partial charge in [0.2, 0.25) is 0 Å². The van der Waals surface area contributed by atoms with Crippen LogP contribution in [0.3, 0.4) is 0 Å². The van der Waals surface area contributed by atoms with Gasteiger partial charge in [0, 0.05) is 45.6 Å². The van der Waals surface area contributed by atoms with E-state index in [2.05, 4.69) is 0 Å². The summed E-state index contributed by atoms with van der Waals surface area (Å²) in [6.45, 7) is 4.27. The van der Waals surface area contributed by atoms with Gasteiger partial charge in [-0.25, -0.2) is 14.4 Å². The monoisotopic (exact) mass is 545 g/mol. The first kappa shape index (κ1) is 28.7. The zero-order chi connectivity index (χ0) is 29.0. The van der Waals surface area contributed by atoms with Gasteiger partial charge in [0.15, 0.2) is 6.04 Å². The minimum atomic E-state index is -1.15. The molecule has 2 bridgehead atoms. The standard InChI is InChI=1S/C31H39N5O4/c1-6-11-23(7-2)35(25-12-9-8-10-13-25)31(40)34-21-26-18-19-27(28(34)29(37)38)36(26)30(39)33(5)20-22-14-16-24(17-15-22)32(3)4/h6-17,26-28H,18-21H2,1-5H3,(H,37,38)/b11-6-,23-7+/t26-,27+,28-/m0/s1. The molecule has 2 aliphatic heterocycles. The number of rotatable bonds is 7. The van der Waals surface area contributed by atoms with Crippen molar-refractivity contribution in [3.8, 4) is 0 Å². The SMILES string of the molecule is C/C=C\C(=C/C)N(C(=O)N1C[C@@H]2CC[C@H]([C@H]1C(=O)O)N2C(=O)N(C)Cc1ccc(N(C)C)cc1)c1ccccc1. The molecule has 2 aromatic carbocycles. The van der Waals surface area contributed by atoms with Gasteiger partial charge in [-0.2, -0.15) is 0 Å². The molecule has 1 N–H and O–H groups in total. The Hall–Kier alpha value is -4.27. The molecular weight excluding hydrogens is 506 g/mol. The summed E-state index contributed by atoms with van der Waals surface area (Å²) >= 11 is 0. The smallest absolute Gasteiger partial charge is 0.329 e. The summed E-state index contributed by atoms with van der Waals surface area (Å²) in [5.41, 5.74) is 3.35. The lowest BCUT2D eigenvalue weighted by atomic mass is 10.0. The van der Waals surface area contributed by atoms with E-state index >= 15 is 0 Å². The van der Waals surface area contributed by atoms with Gasteiger partial charge in [0.1, 0.15) is 0 Å². The normalized spacial score (nSPS) is 20.5. The second kappa shape index (κ2) is 12.3. The maximum absolute atomic E-state index is 14.1. The number of benzene rings is 2. The molecule has 0 unspecified atom stereocenters. The van der Waals surface area contributed by atoms with E-state index in [9.17, 15) is 19.5 Å². The number of allylic oxidation sites excluding steroid dienone is 3. The summed E-state index contributed by atoms with van der Waals surface area (Å²) in [5, 5.41) is 10.4. The van der Waals surface area contributed by atoms with E-state index in [0.717, 1.165) is 11.3 Å². The van der Waals surface area contributed by atoms with Crippen LogP contribution in [0.2, 0.25) is 0 Å². The van der Waals surface area contributed by atoms with Crippen molar-refractivity contribution in [2.75, 3.05) is 37.5 Å². The van der Waals surface area contributed by atoms with Crippen molar-refractivity contribution in [3.05, 3.63) is 84.1 Å². The predicted molar refractivity (Wildman–Crippen MR) is 157 cm³/mol. The number of amides is 4. The van der Waals surface area contributed by atoms with Crippen molar-refractivity contribution in [1.82, 2.24) is 14.7 Å². The third-order valence-electron chi connectivity index (χ3n) is 7.67. The fraction of sp³-hybridized carbons (Fsp3) is 0.387. The van der Waals surface area contributed by atoms with Crippen molar-refractivity contribution in [2.24, 2.45) is 0 Å².